The molecule has 1 atom stereocenters. The third-order valence-electron chi connectivity index (χ3n) is 5.17. The molecule has 31 heavy (non-hydrogen) atoms. The zero-order chi connectivity index (χ0) is 21.8. The second kappa shape index (κ2) is 8.83. The topological polar surface area (TPSA) is 72.9 Å². The van der Waals surface area contributed by atoms with Gasteiger partial charge in [-0.15, -0.1) is 0 Å². The van der Waals surface area contributed by atoms with Gasteiger partial charge in [0.15, 0.2) is 6.23 Å². The van der Waals surface area contributed by atoms with E-state index < -0.39 is 24.0 Å². The minimum absolute atomic E-state index is 0.175. The standard InChI is InChI=1S/C25H21NO5/c1-30-25(29)18-13-14-20-21(16-18)24(28)26(23(20)27)22(31-19-10-6-3-7-11-19)15-12-17-8-4-2-5-9-17/h2-11,13-14,16,22H,12,15H2,1H3/t22-/m0/s1. The Morgan fingerprint density at radius 2 is 1.52 bits per heavy atom. The number of carbonyl (C=O) groups excluding carboxylic acids is 3. The van der Waals surface area contributed by atoms with E-state index >= 15 is 0 Å². The summed E-state index contributed by atoms with van der Waals surface area (Å²) in [4.78, 5) is 39.3. The summed E-state index contributed by atoms with van der Waals surface area (Å²) in [7, 11) is 1.27. The molecular weight excluding hydrogens is 394 g/mol. The van der Waals surface area contributed by atoms with Gasteiger partial charge in [-0.05, 0) is 42.3 Å². The van der Waals surface area contributed by atoms with Crippen molar-refractivity contribution in [2.45, 2.75) is 19.1 Å². The van der Waals surface area contributed by atoms with E-state index in [1.54, 1.807) is 12.1 Å². The van der Waals surface area contributed by atoms with Crippen molar-refractivity contribution in [1.82, 2.24) is 4.90 Å². The van der Waals surface area contributed by atoms with Crippen LogP contribution in [0, 0.1) is 0 Å². The first-order chi connectivity index (χ1) is 15.1. The highest BCUT2D eigenvalue weighted by molar-refractivity contribution is 6.22. The third-order valence-corrected chi connectivity index (χ3v) is 5.17. The molecule has 1 heterocycles. The van der Waals surface area contributed by atoms with Crippen molar-refractivity contribution in [2.24, 2.45) is 0 Å². The van der Waals surface area contributed by atoms with Crippen molar-refractivity contribution in [1.29, 1.82) is 0 Å². The number of para-hydroxylation sites is 1. The number of imide groups is 1. The van der Waals surface area contributed by atoms with Crippen LogP contribution in [0.1, 0.15) is 43.1 Å². The lowest BCUT2D eigenvalue weighted by atomic mass is 10.1. The van der Waals surface area contributed by atoms with Gasteiger partial charge in [-0.25, -0.2) is 9.69 Å². The molecule has 1 aliphatic heterocycles. The van der Waals surface area contributed by atoms with Gasteiger partial charge < -0.3 is 9.47 Å². The van der Waals surface area contributed by atoms with Crippen LogP contribution in [0.15, 0.2) is 78.9 Å². The molecule has 0 unspecified atom stereocenters. The largest absolute Gasteiger partial charge is 0.470 e. The first-order valence-electron chi connectivity index (χ1n) is 9.94. The summed E-state index contributed by atoms with van der Waals surface area (Å²) in [6, 6.07) is 23.3. The van der Waals surface area contributed by atoms with Gasteiger partial charge in [0.25, 0.3) is 11.8 Å². The number of esters is 1. The first kappa shape index (κ1) is 20.3. The van der Waals surface area contributed by atoms with E-state index in [1.807, 2.05) is 48.5 Å². The average Bonchev–Trinajstić information content (AvgIpc) is 3.07. The Bertz CT molecular complexity index is 1110. The van der Waals surface area contributed by atoms with Crippen LogP contribution in [0.3, 0.4) is 0 Å². The van der Waals surface area contributed by atoms with Crippen molar-refractivity contribution >= 4 is 17.8 Å². The minimum atomic E-state index is -0.795. The predicted octanol–water partition coefficient (Wildman–Crippen LogP) is 4.11. The number of aryl methyl sites for hydroxylation is 1. The third kappa shape index (κ3) is 4.19. The van der Waals surface area contributed by atoms with Crippen LogP contribution in [-0.2, 0) is 11.2 Å². The molecule has 6 nitrogen and oxygen atoms in total. The van der Waals surface area contributed by atoms with Crippen molar-refractivity contribution < 1.29 is 23.9 Å². The quantitative estimate of drug-likeness (QED) is 0.429. The van der Waals surface area contributed by atoms with Crippen molar-refractivity contribution in [3.05, 3.63) is 101 Å². The zero-order valence-electron chi connectivity index (χ0n) is 17.0. The van der Waals surface area contributed by atoms with E-state index in [-0.39, 0.29) is 16.7 Å². The van der Waals surface area contributed by atoms with Crippen LogP contribution in [0.25, 0.3) is 0 Å². The van der Waals surface area contributed by atoms with E-state index in [0.717, 1.165) is 10.5 Å². The number of ether oxygens (including phenoxy) is 2. The highest BCUT2D eigenvalue weighted by Gasteiger charge is 2.41. The van der Waals surface area contributed by atoms with E-state index in [2.05, 4.69) is 0 Å². The van der Waals surface area contributed by atoms with Gasteiger partial charge >= 0.3 is 5.97 Å². The molecule has 0 spiro atoms. The second-order valence-electron chi connectivity index (χ2n) is 7.14. The van der Waals surface area contributed by atoms with Crippen molar-refractivity contribution in [3.8, 4) is 5.75 Å². The van der Waals surface area contributed by atoms with Gasteiger partial charge in [0.2, 0.25) is 0 Å². The molecule has 3 aromatic rings. The maximum Gasteiger partial charge on any atom is 0.337 e. The monoisotopic (exact) mass is 415 g/mol. The average molecular weight is 415 g/mol. The number of amides is 2. The number of methoxy groups -OCH3 is 1. The summed E-state index contributed by atoms with van der Waals surface area (Å²) < 4.78 is 10.8. The smallest absolute Gasteiger partial charge is 0.337 e. The molecule has 0 saturated carbocycles. The van der Waals surface area contributed by atoms with Gasteiger partial charge in [-0.2, -0.15) is 0 Å². The maximum absolute atomic E-state index is 13.2. The fraction of sp³-hybridized carbons (Fsp3) is 0.160. The summed E-state index contributed by atoms with van der Waals surface area (Å²) in [6.45, 7) is 0. The van der Waals surface area contributed by atoms with E-state index in [9.17, 15) is 14.4 Å². The van der Waals surface area contributed by atoms with Gasteiger partial charge in [0.05, 0.1) is 23.8 Å². The van der Waals surface area contributed by atoms with E-state index in [4.69, 9.17) is 9.47 Å². The van der Waals surface area contributed by atoms with E-state index in [1.165, 1.54) is 25.3 Å². The molecule has 0 radical (unpaired) electrons. The number of hydrogen-bond acceptors (Lipinski definition) is 5. The normalized spacial score (nSPS) is 13.6. The molecule has 0 fully saturated rings. The molecule has 0 saturated heterocycles. The Kier molecular flexibility index (Phi) is 5.80. The van der Waals surface area contributed by atoms with Crippen molar-refractivity contribution in [2.75, 3.05) is 7.11 Å². The van der Waals surface area contributed by atoms with Gasteiger partial charge in [0, 0.05) is 6.42 Å². The van der Waals surface area contributed by atoms with Crippen LogP contribution in [0.4, 0.5) is 0 Å². The molecular formula is C25H21NO5. The highest BCUT2D eigenvalue weighted by Crippen LogP contribution is 2.29. The van der Waals surface area contributed by atoms with Crippen LogP contribution < -0.4 is 4.74 Å². The van der Waals surface area contributed by atoms with Crippen LogP contribution in [0.5, 0.6) is 5.75 Å². The number of benzene rings is 3. The Labute approximate surface area is 180 Å². The molecule has 4 rings (SSSR count). The highest BCUT2D eigenvalue weighted by atomic mass is 16.5. The van der Waals surface area contributed by atoms with Gasteiger partial charge in [-0.1, -0.05) is 48.5 Å². The lowest BCUT2D eigenvalue weighted by Gasteiger charge is -2.27. The molecule has 1 aliphatic rings. The summed E-state index contributed by atoms with van der Waals surface area (Å²) in [6.07, 6.45) is 0.254. The first-order valence-corrected chi connectivity index (χ1v) is 9.94. The van der Waals surface area contributed by atoms with Crippen LogP contribution >= 0.6 is 0 Å². The molecule has 156 valence electrons. The summed E-state index contributed by atoms with van der Waals surface area (Å²) in [5, 5.41) is 0. The van der Waals surface area contributed by atoms with Crippen LogP contribution in [-0.4, -0.2) is 36.0 Å². The van der Waals surface area contributed by atoms with Crippen LogP contribution in [0.2, 0.25) is 0 Å². The number of carbonyl (C=O) groups is 3. The SMILES string of the molecule is COC(=O)c1ccc2c(c1)C(=O)N([C@H](CCc1ccccc1)Oc1ccccc1)C2=O. The second-order valence-corrected chi connectivity index (χ2v) is 7.14. The lowest BCUT2D eigenvalue weighted by molar-refractivity contribution is 0.0210. The Hall–Kier alpha value is -3.93. The Morgan fingerprint density at radius 3 is 2.19 bits per heavy atom. The molecule has 2 amide bonds. The number of nitrogens with zero attached hydrogens (tertiary/aromatic N) is 1. The molecule has 0 bridgehead atoms. The zero-order valence-corrected chi connectivity index (χ0v) is 17.0. The van der Waals surface area contributed by atoms with Gasteiger partial charge in [0.1, 0.15) is 5.75 Å². The lowest BCUT2D eigenvalue weighted by Crippen LogP contribution is -2.43. The fourth-order valence-corrected chi connectivity index (χ4v) is 3.60. The number of rotatable bonds is 7. The van der Waals surface area contributed by atoms with E-state index in [0.29, 0.717) is 18.6 Å². The minimum Gasteiger partial charge on any atom is -0.470 e. The van der Waals surface area contributed by atoms with Crippen molar-refractivity contribution in [3.63, 3.8) is 0 Å². The summed E-state index contributed by atoms with van der Waals surface area (Å²) in [5.41, 5.74) is 1.72. The molecule has 0 N–H and O–H groups in total. The number of hydrogen-bond donors (Lipinski definition) is 0. The predicted molar refractivity (Wildman–Crippen MR) is 114 cm³/mol. The summed E-state index contributed by atoms with van der Waals surface area (Å²) >= 11 is 0. The molecule has 0 aromatic heterocycles. The molecule has 3 aromatic carbocycles. The maximum atomic E-state index is 13.2. The fourth-order valence-electron chi connectivity index (χ4n) is 3.60. The molecule has 6 heteroatoms. The molecule has 0 aliphatic carbocycles. The Morgan fingerprint density at radius 1 is 0.871 bits per heavy atom. The Balaban J connectivity index is 1.64. The summed E-state index contributed by atoms with van der Waals surface area (Å²) in [5.74, 6) is -0.930. The van der Waals surface area contributed by atoms with Gasteiger partial charge in [-0.3, -0.25) is 9.59 Å². The number of fused-ring (bicyclic) bond motifs is 1.